The Morgan fingerprint density at radius 2 is 2.17 bits per heavy atom. The first-order valence-electron chi connectivity index (χ1n) is 9.51. The third-order valence-electron chi connectivity index (χ3n) is 4.99. The topological polar surface area (TPSA) is 110 Å². The number of nitrogens with two attached hydrogens (primary N) is 2. The molecule has 0 bridgehead atoms. The lowest BCUT2D eigenvalue weighted by Crippen LogP contribution is -2.34. The minimum atomic E-state index is -0.108. The number of methoxy groups -OCH3 is 1. The maximum absolute atomic E-state index is 13.1. The van der Waals surface area contributed by atoms with Crippen LogP contribution in [-0.4, -0.2) is 25.0 Å². The van der Waals surface area contributed by atoms with Crippen molar-refractivity contribution in [2.45, 2.75) is 26.9 Å². The molecule has 154 valence electrons. The van der Waals surface area contributed by atoms with Crippen LogP contribution in [0.4, 0.5) is 11.6 Å². The number of aromatic nitrogens is 1. The van der Waals surface area contributed by atoms with Gasteiger partial charge in [0, 0.05) is 18.3 Å². The maximum atomic E-state index is 13.1. The molecule has 2 heterocycles. The zero-order valence-electron chi connectivity index (χ0n) is 17.3. The molecule has 29 heavy (non-hydrogen) atoms. The van der Waals surface area contributed by atoms with Crippen LogP contribution in [0.3, 0.4) is 0 Å². The van der Waals surface area contributed by atoms with Gasteiger partial charge in [0.15, 0.2) is 0 Å². The largest absolute Gasteiger partial charge is 0.497 e. The van der Waals surface area contributed by atoms with Crippen LogP contribution in [0.2, 0.25) is 0 Å². The Kier molecular flexibility index (Phi) is 6.05. The highest BCUT2D eigenvalue weighted by molar-refractivity contribution is 6.10. The van der Waals surface area contributed by atoms with Crippen molar-refractivity contribution in [3.8, 4) is 5.75 Å². The van der Waals surface area contributed by atoms with E-state index in [4.69, 9.17) is 16.3 Å². The fraction of sp³-hybridized carbons (Fsp3) is 0.333. The molecular formula is C21H28N6O2. The number of anilines is 2. The molecule has 3 rings (SSSR count). The van der Waals surface area contributed by atoms with Gasteiger partial charge in [-0.3, -0.25) is 14.7 Å². The van der Waals surface area contributed by atoms with Gasteiger partial charge in [0.25, 0.3) is 5.91 Å². The van der Waals surface area contributed by atoms with Crippen LogP contribution < -0.4 is 31.5 Å². The number of allylic oxidation sites excluding steroid dienone is 1. The molecule has 0 fully saturated rings. The SMILES string of the molecule is CNCc1cc(OC)cc2c1CN(c1cccc(N(N)/C(=C\N)C(C)C)n1)C2=O. The fourth-order valence-electron chi connectivity index (χ4n) is 3.49. The van der Waals surface area contributed by atoms with Gasteiger partial charge in [-0.1, -0.05) is 19.9 Å². The third-order valence-corrected chi connectivity index (χ3v) is 4.99. The number of nitrogens with one attached hydrogen (secondary N) is 1. The summed E-state index contributed by atoms with van der Waals surface area (Å²) in [5.74, 6) is 7.97. The highest BCUT2D eigenvalue weighted by atomic mass is 16.5. The molecule has 0 atom stereocenters. The monoisotopic (exact) mass is 396 g/mol. The number of hydrazine groups is 1. The third kappa shape index (κ3) is 3.90. The summed E-state index contributed by atoms with van der Waals surface area (Å²) in [7, 11) is 3.47. The van der Waals surface area contributed by atoms with Crippen LogP contribution in [0.5, 0.6) is 5.75 Å². The van der Waals surface area contributed by atoms with Crippen LogP contribution in [0.15, 0.2) is 42.2 Å². The van der Waals surface area contributed by atoms with Crippen molar-refractivity contribution in [3.63, 3.8) is 0 Å². The summed E-state index contributed by atoms with van der Waals surface area (Å²) in [4.78, 5) is 19.4. The minimum Gasteiger partial charge on any atom is -0.497 e. The molecule has 0 saturated carbocycles. The number of rotatable bonds is 7. The second kappa shape index (κ2) is 8.50. The van der Waals surface area contributed by atoms with Gasteiger partial charge in [0.1, 0.15) is 17.4 Å². The number of fused-ring (bicyclic) bond motifs is 1. The van der Waals surface area contributed by atoms with Crippen molar-refractivity contribution in [1.29, 1.82) is 0 Å². The summed E-state index contributed by atoms with van der Waals surface area (Å²) in [6.45, 7) is 5.09. The Bertz CT molecular complexity index is 941. The Hall–Kier alpha value is -3.10. The number of amides is 1. The van der Waals surface area contributed by atoms with Crippen molar-refractivity contribution in [1.82, 2.24) is 10.3 Å². The predicted molar refractivity (Wildman–Crippen MR) is 114 cm³/mol. The molecule has 0 aliphatic carbocycles. The van der Waals surface area contributed by atoms with Gasteiger partial charge in [-0.2, -0.15) is 0 Å². The average Bonchev–Trinajstić information content (AvgIpc) is 3.05. The summed E-state index contributed by atoms with van der Waals surface area (Å²) in [6, 6.07) is 9.16. The van der Waals surface area contributed by atoms with Crippen LogP contribution >= 0.6 is 0 Å². The molecule has 0 unspecified atom stereocenters. The van der Waals surface area contributed by atoms with Crippen molar-refractivity contribution < 1.29 is 9.53 Å². The molecule has 0 spiro atoms. The lowest BCUT2D eigenvalue weighted by molar-refractivity contribution is 0.0995. The van der Waals surface area contributed by atoms with E-state index in [2.05, 4.69) is 10.3 Å². The fourth-order valence-corrected chi connectivity index (χ4v) is 3.49. The number of ether oxygens (including phenoxy) is 1. The Labute approximate surface area is 171 Å². The summed E-state index contributed by atoms with van der Waals surface area (Å²) >= 11 is 0. The molecule has 5 N–H and O–H groups in total. The molecule has 2 aromatic rings. The maximum Gasteiger partial charge on any atom is 0.260 e. The first-order valence-corrected chi connectivity index (χ1v) is 9.51. The Morgan fingerprint density at radius 3 is 2.79 bits per heavy atom. The normalized spacial score (nSPS) is 13.8. The highest BCUT2D eigenvalue weighted by Crippen LogP contribution is 2.33. The molecule has 1 aromatic carbocycles. The summed E-state index contributed by atoms with van der Waals surface area (Å²) in [5.41, 5.74) is 9.12. The molecule has 0 radical (unpaired) electrons. The Balaban J connectivity index is 1.96. The minimum absolute atomic E-state index is 0.108. The number of hydrogen-bond acceptors (Lipinski definition) is 7. The summed E-state index contributed by atoms with van der Waals surface area (Å²) in [6.07, 6.45) is 1.48. The van der Waals surface area contributed by atoms with Gasteiger partial charge < -0.3 is 15.8 Å². The van der Waals surface area contributed by atoms with Gasteiger partial charge in [-0.05, 0) is 48.4 Å². The van der Waals surface area contributed by atoms with Crippen molar-refractivity contribution in [3.05, 3.63) is 58.9 Å². The van der Waals surface area contributed by atoms with E-state index in [1.807, 2.05) is 33.0 Å². The molecule has 1 aliphatic heterocycles. The zero-order valence-corrected chi connectivity index (χ0v) is 17.3. The first-order chi connectivity index (χ1) is 13.9. The lowest BCUT2D eigenvalue weighted by Gasteiger charge is -2.24. The second-order valence-electron chi connectivity index (χ2n) is 7.20. The van der Waals surface area contributed by atoms with Gasteiger partial charge in [0.05, 0.1) is 19.4 Å². The highest BCUT2D eigenvalue weighted by Gasteiger charge is 2.32. The first kappa shape index (κ1) is 20.6. The van der Waals surface area contributed by atoms with E-state index >= 15 is 0 Å². The molecular weight excluding hydrogens is 368 g/mol. The zero-order chi connectivity index (χ0) is 21.1. The van der Waals surface area contributed by atoms with E-state index in [1.54, 1.807) is 30.2 Å². The molecule has 1 aliphatic rings. The Morgan fingerprint density at radius 1 is 1.41 bits per heavy atom. The second-order valence-corrected chi connectivity index (χ2v) is 7.20. The van der Waals surface area contributed by atoms with Crippen molar-refractivity contribution in [2.24, 2.45) is 17.5 Å². The van der Waals surface area contributed by atoms with Crippen LogP contribution in [0.1, 0.15) is 35.3 Å². The molecule has 1 amide bonds. The predicted octanol–water partition coefficient (Wildman–Crippen LogP) is 2.11. The molecule has 8 nitrogen and oxygen atoms in total. The van der Waals surface area contributed by atoms with E-state index in [0.29, 0.717) is 36.0 Å². The standard InChI is InChI=1S/C21H28N6O2/c1-13(2)18(10-22)27(23)20-7-5-6-19(25-20)26-12-17-14(11-24-3)8-15(29-4)9-16(17)21(26)28/h5-10,13,24H,11-12,22-23H2,1-4H3/b18-10-. The van der Waals surface area contributed by atoms with Crippen LogP contribution in [-0.2, 0) is 13.1 Å². The van der Waals surface area contributed by atoms with Gasteiger partial charge in [-0.25, -0.2) is 10.8 Å². The quantitative estimate of drug-likeness (QED) is 0.486. The van der Waals surface area contributed by atoms with E-state index < -0.39 is 0 Å². The average molecular weight is 396 g/mol. The summed E-state index contributed by atoms with van der Waals surface area (Å²) in [5, 5.41) is 4.60. The van der Waals surface area contributed by atoms with Gasteiger partial charge in [0.2, 0.25) is 0 Å². The van der Waals surface area contributed by atoms with Gasteiger partial charge >= 0.3 is 0 Å². The van der Waals surface area contributed by atoms with Gasteiger partial charge in [-0.15, -0.1) is 0 Å². The smallest absolute Gasteiger partial charge is 0.260 e. The van der Waals surface area contributed by atoms with Crippen LogP contribution in [0.25, 0.3) is 0 Å². The van der Waals surface area contributed by atoms with Crippen LogP contribution in [0, 0.1) is 5.92 Å². The van der Waals surface area contributed by atoms with E-state index in [1.165, 1.54) is 11.2 Å². The van der Waals surface area contributed by atoms with Crippen molar-refractivity contribution in [2.75, 3.05) is 24.1 Å². The van der Waals surface area contributed by atoms with Crippen molar-refractivity contribution >= 4 is 17.5 Å². The number of pyridine rings is 1. The van der Waals surface area contributed by atoms with E-state index in [0.717, 1.165) is 16.8 Å². The number of carbonyl (C=O) groups is 1. The molecule has 8 heteroatoms. The summed E-state index contributed by atoms with van der Waals surface area (Å²) < 4.78 is 5.37. The lowest BCUT2D eigenvalue weighted by atomic mass is 10.0. The molecule has 1 aromatic heterocycles. The van der Waals surface area contributed by atoms with E-state index in [-0.39, 0.29) is 11.8 Å². The van der Waals surface area contributed by atoms with E-state index in [9.17, 15) is 4.79 Å². The number of carbonyl (C=O) groups excluding carboxylic acids is 1. The number of nitrogens with zero attached hydrogens (tertiary/aromatic N) is 3. The number of benzene rings is 1. The molecule has 0 saturated heterocycles. The number of hydrogen-bond donors (Lipinski definition) is 3.